The maximum atomic E-state index is 11.4. The molecule has 16 heavy (non-hydrogen) atoms. The first-order chi connectivity index (χ1) is 7.74. The summed E-state index contributed by atoms with van der Waals surface area (Å²) >= 11 is 0. The minimum absolute atomic E-state index is 0.173. The summed E-state index contributed by atoms with van der Waals surface area (Å²) in [6.45, 7) is 8.18. The van der Waals surface area contributed by atoms with E-state index in [0.717, 1.165) is 0 Å². The molecule has 0 radical (unpaired) electrons. The molecule has 4 nitrogen and oxygen atoms in total. The molecule has 0 spiro atoms. The molecule has 1 aromatic rings. The van der Waals surface area contributed by atoms with Gasteiger partial charge in [0.25, 0.3) is 5.91 Å². The van der Waals surface area contributed by atoms with Crippen molar-refractivity contribution in [1.29, 1.82) is 0 Å². The summed E-state index contributed by atoms with van der Waals surface area (Å²) in [4.78, 5) is 19.4. The van der Waals surface area contributed by atoms with Crippen molar-refractivity contribution in [1.82, 2.24) is 15.3 Å². The van der Waals surface area contributed by atoms with Crippen LogP contribution in [-0.2, 0) is 0 Å². The first kappa shape index (κ1) is 14.3. The van der Waals surface area contributed by atoms with E-state index in [4.69, 9.17) is 0 Å². The van der Waals surface area contributed by atoms with Gasteiger partial charge in [-0.1, -0.05) is 26.0 Å². The third-order valence-electron chi connectivity index (χ3n) is 1.62. The average molecular weight is 221 g/mol. The fraction of sp³-hybridized carbons (Fsp3) is 0.417. The molecule has 0 aliphatic rings. The molecule has 0 saturated heterocycles. The highest BCUT2D eigenvalue weighted by Gasteiger charge is 2.04. The van der Waals surface area contributed by atoms with Gasteiger partial charge in [-0.2, -0.15) is 0 Å². The fourth-order valence-electron chi connectivity index (χ4n) is 0.943. The number of allylic oxidation sites excluding steroid dienone is 1. The molecular formula is C12H19N3O. The summed E-state index contributed by atoms with van der Waals surface area (Å²) in [7, 11) is 0. The van der Waals surface area contributed by atoms with Crippen LogP contribution in [0.15, 0.2) is 24.4 Å². The van der Waals surface area contributed by atoms with Crippen LogP contribution >= 0.6 is 0 Å². The van der Waals surface area contributed by atoms with Gasteiger partial charge < -0.3 is 5.32 Å². The molecule has 1 rings (SSSR count). The van der Waals surface area contributed by atoms with E-state index in [1.54, 1.807) is 19.2 Å². The highest BCUT2D eigenvalue weighted by atomic mass is 16.1. The Kier molecular flexibility index (Phi) is 7.67. The zero-order chi connectivity index (χ0) is 12.4. The average Bonchev–Trinajstić information content (AvgIpc) is 2.32. The molecule has 0 fully saturated rings. The van der Waals surface area contributed by atoms with E-state index in [2.05, 4.69) is 15.3 Å². The maximum Gasteiger partial charge on any atom is 0.270 e. The number of carbonyl (C=O) groups excluding carboxylic acids is 1. The predicted molar refractivity (Wildman–Crippen MR) is 65.3 cm³/mol. The van der Waals surface area contributed by atoms with E-state index in [1.807, 2.05) is 32.9 Å². The van der Waals surface area contributed by atoms with Crippen LogP contribution < -0.4 is 5.32 Å². The van der Waals surface area contributed by atoms with Gasteiger partial charge >= 0.3 is 0 Å². The van der Waals surface area contributed by atoms with Crippen LogP contribution in [0, 0.1) is 6.92 Å². The van der Waals surface area contributed by atoms with Crippen LogP contribution in [0.4, 0.5) is 0 Å². The van der Waals surface area contributed by atoms with Crippen molar-refractivity contribution in [2.45, 2.75) is 27.7 Å². The Morgan fingerprint density at radius 3 is 2.75 bits per heavy atom. The summed E-state index contributed by atoms with van der Waals surface area (Å²) in [5.41, 5.74) is 0.405. The lowest BCUT2D eigenvalue weighted by Gasteiger charge is -2.01. The van der Waals surface area contributed by atoms with Crippen molar-refractivity contribution in [3.63, 3.8) is 0 Å². The largest absolute Gasteiger partial charge is 0.347 e. The fourth-order valence-corrected chi connectivity index (χ4v) is 0.943. The number of rotatable bonds is 3. The van der Waals surface area contributed by atoms with Crippen molar-refractivity contribution in [2.75, 3.05) is 6.54 Å². The third-order valence-corrected chi connectivity index (χ3v) is 1.62. The standard InChI is InChI=1S/C10H13N3O.C2H6/c1-3-4-6-12-10(14)9-5-7-11-8(2)13-9;1-2/h3-5,7H,6H2,1-2H3,(H,12,14);1-2H3/b4-3+;. The lowest BCUT2D eigenvalue weighted by molar-refractivity contribution is 0.0952. The van der Waals surface area contributed by atoms with E-state index >= 15 is 0 Å². The van der Waals surface area contributed by atoms with Crippen LogP contribution in [0.5, 0.6) is 0 Å². The Labute approximate surface area is 96.8 Å². The molecule has 0 saturated carbocycles. The van der Waals surface area contributed by atoms with Crippen molar-refractivity contribution in [2.24, 2.45) is 0 Å². The topological polar surface area (TPSA) is 54.9 Å². The predicted octanol–water partition coefficient (Wildman–Crippen LogP) is 2.12. The van der Waals surface area contributed by atoms with Crippen LogP contribution in [0.2, 0.25) is 0 Å². The Morgan fingerprint density at radius 1 is 1.50 bits per heavy atom. The Balaban J connectivity index is 0.00000106. The van der Waals surface area contributed by atoms with Gasteiger partial charge in [0, 0.05) is 12.7 Å². The normalized spacial score (nSPS) is 9.50. The van der Waals surface area contributed by atoms with Gasteiger partial charge in [-0.15, -0.1) is 0 Å². The summed E-state index contributed by atoms with van der Waals surface area (Å²) in [6, 6.07) is 1.60. The summed E-state index contributed by atoms with van der Waals surface area (Å²) in [5, 5.41) is 2.71. The van der Waals surface area contributed by atoms with Gasteiger partial charge in [-0.3, -0.25) is 4.79 Å². The van der Waals surface area contributed by atoms with E-state index in [1.165, 1.54) is 0 Å². The van der Waals surface area contributed by atoms with E-state index < -0.39 is 0 Å². The number of aromatic nitrogens is 2. The molecular weight excluding hydrogens is 202 g/mol. The maximum absolute atomic E-state index is 11.4. The minimum atomic E-state index is -0.173. The summed E-state index contributed by atoms with van der Waals surface area (Å²) in [6.07, 6.45) is 5.32. The second kappa shape index (κ2) is 8.59. The quantitative estimate of drug-likeness (QED) is 0.795. The SMILES string of the molecule is C/C=C/CNC(=O)c1ccnc(C)n1.CC. The molecule has 0 aliphatic carbocycles. The number of nitrogens with one attached hydrogen (secondary N) is 1. The number of nitrogens with zero attached hydrogens (tertiary/aromatic N) is 2. The van der Waals surface area contributed by atoms with Crippen molar-refractivity contribution in [3.05, 3.63) is 35.9 Å². The van der Waals surface area contributed by atoms with E-state index in [-0.39, 0.29) is 5.91 Å². The van der Waals surface area contributed by atoms with Gasteiger partial charge in [-0.25, -0.2) is 9.97 Å². The lowest BCUT2D eigenvalue weighted by Crippen LogP contribution is -2.24. The second-order valence-electron chi connectivity index (χ2n) is 2.77. The van der Waals surface area contributed by atoms with Gasteiger partial charge in [0.2, 0.25) is 0 Å². The zero-order valence-electron chi connectivity index (χ0n) is 10.3. The van der Waals surface area contributed by atoms with Gasteiger partial charge in [0.05, 0.1) is 0 Å². The Bertz CT molecular complexity index is 348. The number of aryl methyl sites for hydroxylation is 1. The molecule has 4 heteroatoms. The van der Waals surface area contributed by atoms with Gasteiger partial charge in [0.15, 0.2) is 0 Å². The Morgan fingerprint density at radius 2 is 2.19 bits per heavy atom. The van der Waals surface area contributed by atoms with Crippen molar-refractivity contribution >= 4 is 5.91 Å². The first-order valence-corrected chi connectivity index (χ1v) is 5.43. The zero-order valence-corrected chi connectivity index (χ0v) is 10.3. The van der Waals surface area contributed by atoms with Crippen LogP contribution in [0.25, 0.3) is 0 Å². The summed E-state index contributed by atoms with van der Waals surface area (Å²) in [5.74, 6) is 0.428. The first-order valence-electron chi connectivity index (χ1n) is 5.43. The molecule has 0 bridgehead atoms. The second-order valence-corrected chi connectivity index (χ2v) is 2.77. The number of hydrogen-bond acceptors (Lipinski definition) is 3. The molecule has 1 amide bonds. The van der Waals surface area contributed by atoms with Gasteiger partial charge in [-0.05, 0) is 19.9 Å². The smallest absolute Gasteiger partial charge is 0.270 e. The number of amides is 1. The van der Waals surface area contributed by atoms with E-state index in [0.29, 0.717) is 18.1 Å². The van der Waals surface area contributed by atoms with Crippen molar-refractivity contribution < 1.29 is 4.79 Å². The monoisotopic (exact) mass is 221 g/mol. The molecule has 1 heterocycles. The third kappa shape index (κ3) is 5.24. The molecule has 1 N–H and O–H groups in total. The number of hydrogen-bond donors (Lipinski definition) is 1. The molecule has 0 unspecified atom stereocenters. The highest BCUT2D eigenvalue weighted by molar-refractivity contribution is 5.92. The van der Waals surface area contributed by atoms with Crippen molar-refractivity contribution in [3.8, 4) is 0 Å². The number of carbonyl (C=O) groups is 1. The molecule has 0 atom stereocenters. The Hall–Kier alpha value is -1.71. The summed E-state index contributed by atoms with van der Waals surface area (Å²) < 4.78 is 0. The molecule has 1 aromatic heterocycles. The molecule has 0 aliphatic heterocycles. The van der Waals surface area contributed by atoms with Crippen LogP contribution in [0.3, 0.4) is 0 Å². The van der Waals surface area contributed by atoms with Crippen LogP contribution in [0.1, 0.15) is 37.1 Å². The molecule has 88 valence electrons. The molecule has 0 aromatic carbocycles. The highest BCUT2D eigenvalue weighted by Crippen LogP contribution is 1.93. The lowest BCUT2D eigenvalue weighted by atomic mass is 10.3. The van der Waals surface area contributed by atoms with Gasteiger partial charge in [0.1, 0.15) is 11.5 Å². The minimum Gasteiger partial charge on any atom is -0.347 e. The van der Waals surface area contributed by atoms with E-state index in [9.17, 15) is 4.79 Å². The van der Waals surface area contributed by atoms with Crippen LogP contribution in [-0.4, -0.2) is 22.4 Å².